The summed E-state index contributed by atoms with van der Waals surface area (Å²) in [6.07, 6.45) is 3.64. The van der Waals surface area contributed by atoms with Gasteiger partial charge in [-0.2, -0.15) is 0 Å². The van der Waals surface area contributed by atoms with Crippen molar-refractivity contribution in [1.82, 2.24) is 10.2 Å². The Balaban J connectivity index is 0.00000625. The third-order valence-corrected chi connectivity index (χ3v) is 8.17. The van der Waals surface area contributed by atoms with Crippen LogP contribution in [0.2, 0.25) is 0 Å². The van der Waals surface area contributed by atoms with Crippen molar-refractivity contribution in [2.45, 2.75) is 51.2 Å². The Labute approximate surface area is 283 Å². The molecule has 1 aliphatic rings. The van der Waals surface area contributed by atoms with Crippen LogP contribution in [0.25, 0.3) is 0 Å². The summed E-state index contributed by atoms with van der Waals surface area (Å²) in [4.78, 5) is 38.4. The number of primary amides is 1. The maximum Gasteiger partial charge on any atom is 0.337 e. The van der Waals surface area contributed by atoms with Crippen molar-refractivity contribution in [3.8, 4) is 11.5 Å². The zero-order valence-corrected chi connectivity index (χ0v) is 27.9. The van der Waals surface area contributed by atoms with Gasteiger partial charge in [-0.25, -0.2) is 22.0 Å². The molecule has 48 heavy (non-hydrogen) atoms. The van der Waals surface area contributed by atoms with Crippen molar-refractivity contribution in [1.29, 1.82) is 0 Å². The average Bonchev–Trinajstić information content (AvgIpc) is 3.00. The smallest absolute Gasteiger partial charge is 0.337 e. The number of hydrogen-bond acceptors (Lipinski definition) is 8. The molecule has 1 fully saturated rings. The second-order valence-corrected chi connectivity index (χ2v) is 13.1. The number of hydrogen-bond donors (Lipinski definition) is 5. The van der Waals surface area contributed by atoms with Gasteiger partial charge >= 0.3 is 5.97 Å². The summed E-state index contributed by atoms with van der Waals surface area (Å²) in [6.45, 7) is 4.12. The number of rotatable bonds is 14. The summed E-state index contributed by atoms with van der Waals surface area (Å²) in [5.41, 5.74) is 5.05. The summed E-state index contributed by atoms with van der Waals surface area (Å²) in [5.74, 6) is -4.26. The van der Waals surface area contributed by atoms with Crippen molar-refractivity contribution >= 4 is 51.6 Å². The fourth-order valence-corrected chi connectivity index (χ4v) is 5.86. The first kappa shape index (κ1) is 38.1. The Bertz CT molecular complexity index is 1740. The number of anilines is 2. The van der Waals surface area contributed by atoms with E-state index >= 15 is 0 Å². The number of aromatic carboxylic acids is 1. The molecule has 12 nitrogen and oxygen atoms in total. The van der Waals surface area contributed by atoms with Gasteiger partial charge in [0.1, 0.15) is 23.1 Å². The minimum atomic E-state index is -3.66. The van der Waals surface area contributed by atoms with Crippen LogP contribution in [0, 0.1) is 11.6 Å². The molecule has 0 bridgehead atoms. The number of carbonyl (C=O) groups excluding carboxylic acids is 2. The first-order valence-electron chi connectivity index (χ1n) is 14.9. The normalized spacial score (nSPS) is 14.4. The molecule has 6 N–H and O–H groups in total. The van der Waals surface area contributed by atoms with Crippen LogP contribution >= 0.6 is 12.4 Å². The zero-order valence-electron chi connectivity index (χ0n) is 26.3. The fourth-order valence-electron chi connectivity index (χ4n) is 5.28. The van der Waals surface area contributed by atoms with Crippen LogP contribution in [0.5, 0.6) is 11.5 Å². The van der Waals surface area contributed by atoms with Crippen LogP contribution in [-0.2, 0) is 21.4 Å². The van der Waals surface area contributed by atoms with Gasteiger partial charge in [-0.3, -0.25) is 19.2 Å². The highest BCUT2D eigenvalue weighted by molar-refractivity contribution is 7.92. The molecular weight excluding hydrogens is 672 g/mol. The van der Waals surface area contributed by atoms with E-state index in [-0.39, 0.29) is 41.1 Å². The molecule has 0 radical (unpaired) electrons. The number of amides is 2. The molecule has 1 atom stereocenters. The number of ether oxygens (including phenoxy) is 1. The lowest BCUT2D eigenvalue weighted by Gasteiger charge is -2.34. The molecule has 260 valence electrons. The van der Waals surface area contributed by atoms with E-state index < -0.39 is 51.0 Å². The Morgan fingerprint density at radius 2 is 1.62 bits per heavy atom. The standard InChI is InChI=1S/C32H37F2N5O7S.ClH/c1-3-4-28(31(41)37-29-16-23(30(35)40)25(33)17-26(29)34)36-20-11-13-39(14-12-20)18-19-5-7-21(8-6-19)46-22-9-10-27(38-47(2,44)45)24(15-22)32(42)43;/h5-10,15-17,20,28,36,38H,3-4,11-14,18H2,1-2H3,(H2,35,40)(H,37,41)(H,42,43);1H. The monoisotopic (exact) mass is 709 g/mol. The maximum atomic E-state index is 14.3. The predicted molar refractivity (Wildman–Crippen MR) is 179 cm³/mol. The Morgan fingerprint density at radius 1 is 0.979 bits per heavy atom. The van der Waals surface area contributed by atoms with E-state index in [1.54, 1.807) is 12.1 Å². The molecule has 2 amide bonds. The van der Waals surface area contributed by atoms with E-state index in [0.29, 0.717) is 31.2 Å². The van der Waals surface area contributed by atoms with Crippen LogP contribution < -0.4 is 25.8 Å². The molecule has 1 aliphatic heterocycles. The number of likely N-dealkylation sites (tertiary alicyclic amines) is 1. The third-order valence-electron chi connectivity index (χ3n) is 7.58. The third kappa shape index (κ3) is 10.6. The van der Waals surface area contributed by atoms with Crippen molar-refractivity contribution in [2.24, 2.45) is 5.73 Å². The van der Waals surface area contributed by atoms with E-state index in [2.05, 4.69) is 20.3 Å². The van der Waals surface area contributed by atoms with Gasteiger partial charge in [0.2, 0.25) is 15.9 Å². The fraction of sp³-hybridized carbons (Fsp3) is 0.344. The van der Waals surface area contributed by atoms with Crippen molar-refractivity contribution in [3.05, 3.63) is 82.9 Å². The molecule has 16 heteroatoms. The molecule has 0 aromatic heterocycles. The lowest BCUT2D eigenvalue weighted by Crippen LogP contribution is -2.50. The number of nitrogens with zero attached hydrogens (tertiary/aromatic N) is 1. The molecule has 4 rings (SSSR count). The highest BCUT2D eigenvalue weighted by Gasteiger charge is 2.26. The van der Waals surface area contributed by atoms with Crippen LogP contribution in [0.3, 0.4) is 0 Å². The largest absolute Gasteiger partial charge is 0.478 e. The molecule has 3 aromatic rings. The summed E-state index contributed by atoms with van der Waals surface area (Å²) < 4.78 is 59.2. The SMILES string of the molecule is CCCC(NC1CCN(Cc2ccc(Oc3ccc(NS(C)(=O)=O)c(C(=O)O)c3)cc2)CC1)C(=O)Nc1cc(C(N)=O)c(F)cc1F.Cl. The zero-order chi connectivity index (χ0) is 34.3. The van der Waals surface area contributed by atoms with E-state index in [4.69, 9.17) is 10.5 Å². The van der Waals surface area contributed by atoms with Gasteiger partial charge < -0.3 is 26.2 Å². The van der Waals surface area contributed by atoms with Gasteiger partial charge in [-0.1, -0.05) is 25.5 Å². The second kappa shape index (κ2) is 16.7. The topological polar surface area (TPSA) is 180 Å². The Kier molecular flexibility index (Phi) is 13.3. The number of carboxylic acids is 1. The number of carbonyl (C=O) groups is 3. The van der Waals surface area contributed by atoms with Gasteiger partial charge in [0, 0.05) is 18.7 Å². The van der Waals surface area contributed by atoms with E-state index in [1.165, 1.54) is 18.2 Å². The Morgan fingerprint density at radius 3 is 2.21 bits per heavy atom. The summed E-state index contributed by atoms with van der Waals surface area (Å²) in [7, 11) is -3.66. The van der Waals surface area contributed by atoms with Crippen LogP contribution in [0.1, 0.15) is 58.9 Å². The van der Waals surface area contributed by atoms with Crippen LogP contribution in [-0.4, -0.2) is 67.6 Å². The van der Waals surface area contributed by atoms with Gasteiger partial charge in [0.25, 0.3) is 5.91 Å². The minimum Gasteiger partial charge on any atom is -0.478 e. The average molecular weight is 710 g/mol. The highest BCUT2D eigenvalue weighted by Crippen LogP contribution is 2.28. The number of sulfonamides is 1. The van der Waals surface area contributed by atoms with E-state index in [9.17, 15) is 36.7 Å². The molecule has 0 spiro atoms. The molecule has 1 unspecified atom stereocenters. The quantitative estimate of drug-likeness (QED) is 0.158. The maximum absolute atomic E-state index is 14.3. The number of benzene rings is 3. The summed E-state index contributed by atoms with van der Waals surface area (Å²) in [6, 6.07) is 12.2. The van der Waals surface area contributed by atoms with E-state index in [1.807, 2.05) is 19.1 Å². The number of nitrogens with two attached hydrogens (primary N) is 1. The summed E-state index contributed by atoms with van der Waals surface area (Å²) >= 11 is 0. The molecule has 1 heterocycles. The summed E-state index contributed by atoms with van der Waals surface area (Å²) in [5, 5.41) is 15.3. The number of carboxylic acid groups (broad SMARTS) is 1. The highest BCUT2D eigenvalue weighted by atomic mass is 35.5. The number of nitrogens with one attached hydrogen (secondary N) is 3. The molecule has 3 aromatic carbocycles. The van der Waals surface area contributed by atoms with Gasteiger partial charge in [-0.05, 0) is 74.3 Å². The van der Waals surface area contributed by atoms with Crippen LogP contribution in [0.15, 0.2) is 54.6 Å². The van der Waals surface area contributed by atoms with Crippen LogP contribution in [0.4, 0.5) is 20.2 Å². The van der Waals surface area contributed by atoms with Crippen molar-refractivity contribution in [2.75, 3.05) is 29.4 Å². The lowest BCUT2D eigenvalue weighted by molar-refractivity contribution is -0.118. The second-order valence-electron chi connectivity index (χ2n) is 11.4. The first-order chi connectivity index (χ1) is 22.2. The van der Waals surface area contributed by atoms with Crippen molar-refractivity contribution < 1.29 is 41.4 Å². The molecular formula is C32H38ClF2N5O7S. The lowest BCUT2D eigenvalue weighted by atomic mass is 10.0. The van der Waals surface area contributed by atoms with E-state index in [0.717, 1.165) is 43.8 Å². The molecule has 0 aliphatic carbocycles. The molecule has 1 saturated heterocycles. The van der Waals surface area contributed by atoms with Gasteiger partial charge in [0.05, 0.1) is 34.8 Å². The number of halogens is 3. The van der Waals surface area contributed by atoms with Crippen molar-refractivity contribution in [3.63, 3.8) is 0 Å². The Hall–Kier alpha value is -4.31. The van der Waals surface area contributed by atoms with Gasteiger partial charge in [-0.15, -0.1) is 12.4 Å². The number of piperidine rings is 1. The molecule has 0 saturated carbocycles. The first-order valence-corrected chi connectivity index (χ1v) is 16.8. The minimum absolute atomic E-state index is 0. The van der Waals surface area contributed by atoms with Gasteiger partial charge in [0.15, 0.2) is 0 Å². The predicted octanol–water partition coefficient (Wildman–Crippen LogP) is 4.71.